The molecule has 0 aliphatic carbocycles. The number of hydrogen-bond acceptors (Lipinski definition) is 4. The Morgan fingerprint density at radius 1 is 1.36 bits per heavy atom. The zero-order chi connectivity index (χ0) is 9.97. The van der Waals surface area contributed by atoms with Crippen molar-refractivity contribution in [3.8, 4) is 10.6 Å². The standard InChI is InChI=1S/C9H5ClN2OS/c10-9-11-4-3-7(12-9)8-2-1-6(5-13)14-8/h1-5H. The Kier molecular flexibility index (Phi) is 2.56. The first-order valence-corrected chi connectivity index (χ1v) is 5.03. The van der Waals surface area contributed by atoms with E-state index in [1.54, 1.807) is 18.3 Å². The van der Waals surface area contributed by atoms with Crippen LogP contribution in [0, 0.1) is 0 Å². The molecule has 2 heterocycles. The third-order valence-electron chi connectivity index (χ3n) is 1.62. The van der Waals surface area contributed by atoms with Crippen LogP contribution in [0.3, 0.4) is 0 Å². The second-order valence-electron chi connectivity index (χ2n) is 2.53. The first-order valence-electron chi connectivity index (χ1n) is 3.83. The average molecular weight is 225 g/mol. The van der Waals surface area contributed by atoms with Crippen LogP contribution in [0.2, 0.25) is 5.28 Å². The molecule has 0 amide bonds. The van der Waals surface area contributed by atoms with Gasteiger partial charge in [0.1, 0.15) is 0 Å². The Morgan fingerprint density at radius 3 is 2.86 bits per heavy atom. The maximum atomic E-state index is 10.5. The Hall–Kier alpha value is -1.26. The molecule has 2 aromatic rings. The van der Waals surface area contributed by atoms with Gasteiger partial charge in [0, 0.05) is 6.20 Å². The summed E-state index contributed by atoms with van der Waals surface area (Å²) in [7, 11) is 0. The van der Waals surface area contributed by atoms with Crippen LogP contribution >= 0.6 is 22.9 Å². The highest BCUT2D eigenvalue weighted by Crippen LogP contribution is 2.25. The lowest BCUT2D eigenvalue weighted by molar-refractivity contribution is 0.112. The lowest BCUT2D eigenvalue weighted by Crippen LogP contribution is -1.83. The van der Waals surface area contributed by atoms with Crippen molar-refractivity contribution in [3.05, 3.63) is 34.6 Å². The van der Waals surface area contributed by atoms with E-state index in [-0.39, 0.29) is 5.28 Å². The summed E-state index contributed by atoms with van der Waals surface area (Å²) in [6, 6.07) is 5.35. The molecule has 0 atom stereocenters. The average Bonchev–Trinajstić information content (AvgIpc) is 2.66. The van der Waals surface area contributed by atoms with Crippen molar-refractivity contribution in [2.45, 2.75) is 0 Å². The molecule has 3 nitrogen and oxygen atoms in total. The third kappa shape index (κ3) is 1.81. The highest BCUT2D eigenvalue weighted by atomic mass is 35.5. The SMILES string of the molecule is O=Cc1ccc(-c2ccnc(Cl)n2)s1. The van der Waals surface area contributed by atoms with E-state index in [1.165, 1.54) is 11.3 Å². The summed E-state index contributed by atoms with van der Waals surface area (Å²) in [4.78, 5) is 19.9. The van der Waals surface area contributed by atoms with Gasteiger partial charge in [-0.3, -0.25) is 4.79 Å². The van der Waals surface area contributed by atoms with Crippen molar-refractivity contribution in [2.75, 3.05) is 0 Å². The van der Waals surface area contributed by atoms with Crippen LogP contribution in [0.1, 0.15) is 9.67 Å². The first kappa shape index (κ1) is 9.30. The predicted octanol–water partition coefficient (Wildman–Crippen LogP) is 2.67. The van der Waals surface area contributed by atoms with Crippen LogP contribution in [0.4, 0.5) is 0 Å². The number of carbonyl (C=O) groups is 1. The summed E-state index contributed by atoms with van der Waals surface area (Å²) < 4.78 is 0. The minimum absolute atomic E-state index is 0.212. The minimum atomic E-state index is 0.212. The number of aldehydes is 1. The molecule has 5 heteroatoms. The van der Waals surface area contributed by atoms with Crippen molar-refractivity contribution in [1.29, 1.82) is 0 Å². The predicted molar refractivity (Wildman–Crippen MR) is 55.7 cm³/mol. The summed E-state index contributed by atoms with van der Waals surface area (Å²) in [6.07, 6.45) is 2.40. The van der Waals surface area contributed by atoms with Crippen LogP contribution in [0.25, 0.3) is 10.6 Å². The van der Waals surface area contributed by atoms with E-state index in [4.69, 9.17) is 11.6 Å². The van der Waals surface area contributed by atoms with Gasteiger partial charge in [-0.1, -0.05) is 0 Å². The van der Waals surface area contributed by atoms with Gasteiger partial charge in [-0.2, -0.15) is 0 Å². The van der Waals surface area contributed by atoms with Gasteiger partial charge in [-0.15, -0.1) is 11.3 Å². The summed E-state index contributed by atoms with van der Waals surface area (Å²) in [5.41, 5.74) is 0.739. The fourth-order valence-corrected chi connectivity index (χ4v) is 1.97. The van der Waals surface area contributed by atoms with Gasteiger partial charge < -0.3 is 0 Å². The number of halogens is 1. The van der Waals surface area contributed by atoms with E-state index < -0.39 is 0 Å². The molecule has 0 spiro atoms. The molecule has 0 fully saturated rings. The van der Waals surface area contributed by atoms with Crippen LogP contribution in [0.15, 0.2) is 24.4 Å². The van der Waals surface area contributed by atoms with Crippen LogP contribution in [-0.4, -0.2) is 16.3 Å². The highest BCUT2D eigenvalue weighted by Gasteiger charge is 2.04. The zero-order valence-corrected chi connectivity index (χ0v) is 8.55. The third-order valence-corrected chi connectivity index (χ3v) is 2.84. The molecule has 14 heavy (non-hydrogen) atoms. The van der Waals surface area contributed by atoms with Gasteiger partial charge in [0.25, 0.3) is 0 Å². The number of thiophene rings is 1. The molecule has 0 N–H and O–H groups in total. The molecular formula is C9H5ClN2OS. The van der Waals surface area contributed by atoms with Crippen molar-refractivity contribution in [1.82, 2.24) is 9.97 Å². The lowest BCUT2D eigenvalue weighted by Gasteiger charge is -1.94. The van der Waals surface area contributed by atoms with Crippen LogP contribution in [-0.2, 0) is 0 Å². The van der Waals surface area contributed by atoms with Gasteiger partial charge in [-0.25, -0.2) is 9.97 Å². The number of nitrogens with zero attached hydrogens (tertiary/aromatic N) is 2. The topological polar surface area (TPSA) is 42.9 Å². The van der Waals surface area contributed by atoms with Gasteiger partial charge in [0.15, 0.2) is 6.29 Å². The second kappa shape index (κ2) is 3.86. The molecule has 2 aromatic heterocycles. The van der Waals surface area contributed by atoms with Crippen molar-refractivity contribution in [2.24, 2.45) is 0 Å². The van der Waals surface area contributed by atoms with Crippen molar-refractivity contribution < 1.29 is 4.79 Å². The monoisotopic (exact) mass is 224 g/mol. The fraction of sp³-hybridized carbons (Fsp3) is 0. The van der Waals surface area contributed by atoms with E-state index in [0.717, 1.165) is 16.9 Å². The second-order valence-corrected chi connectivity index (χ2v) is 3.98. The molecule has 0 saturated carbocycles. The molecule has 0 aliphatic heterocycles. The zero-order valence-electron chi connectivity index (χ0n) is 6.98. The summed E-state index contributed by atoms with van der Waals surface area (Å²) in [5.74, 6) is 0. The van der Waals surface area contributed by atoms with E-state index in [2.05, 4.69) is 9.97 Å². The molecule has 2 rings (SSSR count). The number of carbonyl (C=O) groups excluding carboxylic acids is 1. The first-order chi connectivity index (χ1) is 6.79. The molecule has 70 valence electrons. The maximum absolute atomic E-state index is 10.5. The molecule has 0 radical (unpaired) electrons. The molecule has 0 aliphatic rings. The van der Waals surface area contributed by atoms with E-state index in [9.17, 15) is 4.79 Å². The smallest absolute Gasteiger partial charge is 0.222 e. The van der Waals surface area contributed by atoms with E-state index in [1.807, 2.05) is 6.07 Å². The minimum Gasteiger partial charge on any atom is -0.297 e. The molecular weight excluding hydrogens is 220 g/mol. The summed E-state index contributed by atoms with van der Waals surface area (Å²) in [5, 5.41) is 0.212. The lowest BCUT2D eigenvalue weighted by atomic mass is 10.3. The Morgan fingerprint density at radius 2 is 2.21 bits per heavy atom. The number of aromatic nitrogens is 2. The van der Waals surface area contributed by atoms with Crippen LogP contribution in [0.5, 0.6) is 0 Å². The van der Waals surface area contributed by atoms with E-state index in [0.29, 0.717) is 4.88 Å². The fourth-order valence-electron chi connectivity index (χ4n) is 1.03. The van der Waals surface area contributed by atoms with Gasteiger partial charge in [0.05, 0.1) is 15.4 Å². The van der Waals surface area contributed by atoms with E-state index >= 15 is 0 Å². The Labute approximate surface area is 89.4 Å². The summed E-state index contributed by atoms with van der Waals surface area (Å²) >= 11 is 7.03. The maximum Gasteiger partial charge on any atom is 0.222 e. The number of rotatable bonds is 2. The van der Waals surface area contributed by atoms with Crippen molar-refractivity contribution >= 4 is 29.2 Å². The van der Waals surface area contributed by atoms with Gasteiger partial charge in [-0.05, 0) is 29.8 Å². The summed E-state index contributed by atoms with van der Waals surface area (Å²) in [6.45, 7) is 0. The van der Waals surface area contributed by atoms with Crippen molar-refractivity contribution in [3.63, 3.8) is 0 Å². The quantitative estimate of drug-likeness (QED) is 0.582. The normalized spacial score (nSPS) is 10.1. The Bertz CT molecular complexity index is 469. The van der Waals surface area contributed by atoms with Gasteiger partial charge >= 0.3 is 0 Å². The Balaban J connectivity index is 2.43. The molecule has 0 aromatic carbocycles. The molecule has 0 unspecified atom stereocenters. The van der Waals surface area contributed by atoms with Gasteiger partial charge in [0.2, 0.25) is 5.28 Å². The largest absolute Gasteiger partial charge is 0.297 e. The highest BCUT2D eigenvalue weighted by molar-refractivity contribution is 7.17. The molecule has 0 saturated heterocycles. The molecule has 0 bridgehead atoms. The number of hydrogen-bond donors (Lipinski definition) is 0. The van der Waals surface area contributed by atoms with Crippen LogP contribution < -0.4 is 0 Å².